The van der Waals surface area contributed by atoms with E-state index in [1.807, 2.05) is 25.4 Å². The van der Waals surface area contributed by atoms with E-state index in [9.17, 15) is 4.79 Å². The average molecular weight is 429 g/mol. The number of likely N-dealkylation sites (N-methyl/N-ethyl adjacent to an activating group) is 1. The minimum Gasteiger partial charge on any atom is -0.338 e. The number of fused-ring (bicyclic) bond motifs is 1. The molecule has 1 fully saturated rings. The molecular formula is C22H23N9O. The SMILES string of the molecule is CN1CCN(c2nccc(C(=O)Nc3cc4cc(-c5cnn(C)c5)cnc4cn3)n2)CC1. The molecule has 0 aromatic carbocycles. The number of piperazine rings is 1. The summed E-state index contributed by atoms with van der Waals surface area (Å²) in [5.41, 5.74) is 2.97. The summed E-state index contributed by atoms with van der Waals surface area (Å²) in [7, 11) is 3.96. The molecule has 1 saturated heterocycles. The number of carbonyl (C=O) groups excluding carboxylic acids is 1. The van der Waals surface area contributed by atoms with Gasteiger partial charge < -0.3 is 15.1 Å². The molecule has 4 aromatic rings. The second-order valence-electron chi connectivity index (χ2n) is 7.88. The van der Waals surface area contributed by atoms with Crippen LogP contribution < -0.4 is 10.2 Å². The standard InChI is InChI=1S/C22H23N9O/c1-29-5-7-31(8-6-29)22-23-4-3-18(27-22)21(32)28-20-10-15-9-16(11-24-19(15)13-25-20)17-12-26-30(2)14-17/h3-4,9-14H,5-8H2,1-2H3,(H,25,28,32). The van der Waals surface area contributed by atoms with E-state index in [-0.39, 0.29) is 5.91 Å². The number of rotatable bonds is 4. The normalized spacial score (nSPS) is 14.6. The Hall–Kier alpha value is -3.92. The summed E-state index contributed by atoms with van der Waals surface area (Å²) in [4.78, 5) is 34.8. The van der Waals surface area contributed by atoms with Gasteiger partial charge >= 0.3 is 0 Å². The molecule has 0 unspecified atom stereocenters. The molecule has 162 valence electrons. The molecule has 1 N–H and O–H groups in total. The molecule has 1 aliphatic rings. The van der Waals surface area contributed by atoms with Crippen LogP contribution in [0.4, 0.5) is 11.8 Å². The molecule has 4 aromatic heterocycles. The first-order valence-electron chi connectivity index (χ1n) is 10.4. The van der Waals surface area contributed by atoms with Crippen molar-refractivity contribution in [2.45, 2.75) is 0 Å². The second kappa shape index (κ2) is 8.31. The largest absolute Gasteiger partial charge is 0.338 e. The Kier molecular flexibility index (Phi) is 5.20. The van der Waals surface area contributed by atoms with Gasteiger partial charge in [0.15, 0.2) is 0 Å². The molecule has 10 heteroatoms. The van der Waals surface area contributed by atoms with Crippen LogP contribution in [0.1, 0.15) is 10.5 Å². The lowest BCUT2D eigenvalue weighted by molar-refractivity contribution is 0.102. The summed E-state index contributed by atoms with van der Waals surface area (Å²) in [5.74, 6) is 0.681. The summed E-state index contributed by atoms with van der Waals surface area (Å²) in [6, 6.07) is 5.42. The summed E-state index contributed by atoms with van der Waals surface area (Å²) in [6.45, 7) is 3.55. The summed E-state index contributed by atoms with van der Waals surface area (Å²) < 4.78 is 1.75. The van der Waals surface area contributed by atoms with Gasteiger partial charge in [0.25, 0.3) is 5.91 Å². The Balaban J connectivity index is 1.36. The Labute approximate surface area is 184 Å². The smallest absolute Gasteiger partial charge is 0.275 e. The second-order valence-corrected chi connectivity index (χ2v) is 7.88. The van der Waals surface area contributed by atoms with Gasteiger partial charge in [-0.25, -0.2) is 15.0 Å². The maximum Gasteiger partial charge on any atom is 0.275 e. The maximum absolute atomic E-state index is 12.8. The van der Waals surface area contributed by atoms with Crippen LogP contribution in [0.5, 0.6) is 0 Å². The number of carbonyl (C=O) groups is 1. The molecule has 5 heterocycles. The number of amides is 1. The Bertz CT molecular complexity index is 1280. The van der Waals surface area contributed by atoms with Crippen LogP contribution in [-0.4, -0.2) is 73.8 Å². The van der Waals surface area contributed by atoms with Crippen molar-refractivity contribution in [3.05, 3.63) is 54.9 Å². The zero-order valence-corrected chi connectivity index (χ0v) is 17.9. The molecule has 1 amide bonds. The van der Waals surface area contributed by atoms with Crippen LogP contribution in [0.15, 0.2) is 49.2 Å². The van der Waals surface area contributed by atoms with Gasteiger partial charge in [-0.1, -0.05) is 0 Å². The van der Waals surface area contributed by atoms with E-state index in [2.05, 4.69) is 47.2 Å². The number of aromatic nitrogens is 6. The third-order valence-corrected chi connectivity index (χ3v) is 5.51. The predicted molar refractivity (Wildman–Crippen MR) is 121 cm³/mol. The summed E-state index contributed by atoms with van der Waals surface area (Å²) in [5, 5.41) is 7.92. The van der Waals surface area contributed by atoms with Gasteiger partial charge in [-0.15, -0.1) is 0 Å². The van der Waals surface area contributed by atoms with Crippen LogP contribution in [0.2, 0.25) is 0 Å². The van der Waals surface area contributed by atoms with Gasteiger partial charge in [-0.05, 0) is 25.2 Å². The van der Waals surface area contributed by atoms with Crippen LogP contribution in [0, 0.1) is 0 Å². The van der Waals surface area contributed by atoms with E-state index < -0.39 is 0 Å². The third-order valence-electron chi connectivity index (χ3n) is 5.51. The molecule has 32 heavy (non-hydrogen) atoms. The fourth-order valence-electron chi connectivity index (χ4n) is 3.64. The van der Waals surface area contributed by atoms with Crippen LogP contribution >= 0.6 is 0 Å². The number of hydrogen-bond donors (Lipinski definition) is 1. The quantitative estimate of drug-likeness (QED) is 0.524. The molecule has 0 radical (unpaired) electrons. The molecule has 0 atom stereocenters. The lowest BCUT2D eigenvalue weighted by atomic mass is 10.1. The molecule has 0 saturated carbocycles. The topological polar surface area (TPSA) is 105 Å². The molecule has 10 nitrogen and oxygen atoms in total. The average Bonchev–Trinajstić information content (AvgIpc) is 3.25. The van der Waals surface area contributed by atoms with Crippen molar-refractivity contribution >= 4 is 28.6 Å². The highest BCUT2D eigenvalue weighted by atomic mass is 16.1. The molecule has 5 rings (SSSR count). The predicted octanol–water partition coefficient (Wildman–Crippen LogP) is 1.82. The van der Waals surface area contributed by atoms with Gasteiger partial charge in [-0.2, -0.15) is 5.10 Å². The van der Waals surface area contributed by atoms with E-state index in [1.54, 1.807) is 35.5 Å². The fourth-order valence-corrected chi connectivity index (χ4v) is 3.64. The first-order valence-corrected chi connectivity index (χ1v) is 10.4. The van der Waals surface area contributed by atoms with Crippen molar-refractivity contribution < 1.29 is 4.79 Å². The van der Waals surface area contributed by atoms with Crippen molar-refractivity contribution in [3.8, 4) is 11.1 Å². The molecule has 0 spiro atoms. The Morgan fingerprint density at radius 2 is 1.81 bits per heavy atom. The van der Waals surface area contributed by atoms with Gasteiger partial charge in [0, 0.05) is 68.3 Å². The van der Waals surface area contributed by atoms with Crippen molar-refractivity contribution in [2.24, 2.45) is 7.05 Å². The number of pyridine rings is 2. The van der Waals surface area contributed by atoms with Crippen LogP contribution in [0.3, 0.4) is 0 Å². The molecule has 0 bridgehead atoms. The molecule has 0 aliphatic carbocycles. The van der Waals surface area contributed by atoms with Crippen LogP contribution in [0.25, 0.3) is 22.0 Å². The third kappa shape index (κ3) is 4.12. The number of nitrogens with one attached hydrogen (secondary N) is 1. The first kappa shape index (κ1) is 20.0. The number of nitrogens with zero attached hydrogens (tertiary/aromatic N) is 8. The van der Waals surface area contributed by atoms with E-state index in [0.717, 1.165) is 48.2 Å². The van der Waals surface area contributed by atoms with Gasteiger partial charge in [0.1, 0.15) is 11.5 Å². The highest BCUT2D eigenvalue weighted by Crippen LogP contribution is 2.23. The minimum absolute atomic E-state index is 0.304. The van der Waals surface area contributed by atoms with Crippen molar-refractivity contribution in [1.29, 1.82) is 0 Å². The zero-order chi connectivity index (χ0) is 22.1. The van der Waals surface area contributed by atoms with Gasteiger partial charge in [0.05, 0.1) is 17.9 Å². The van der Waals surface area contributed by atoms with E-state index in [0.29, 0.717) is 17.5 Å². The lowest BCUT2D eigenvalue weighted by Gasteiger charge is -2.32. The van der Waals surface area contributed by atoms with Crippen LogP contribution in [-0.2, 0) is 7.05 Å². The number of aryl methyl sites for hydroxylation is 1. The van der Waals surface area contributed by atoms with E-state index >= 15 is 0 Å². The van der Waals surface area contributed by atoms with Crippen molar-refractivity contribution in [3.63, 3.8) is 0 Å². The lowest BCUT2D eigenvalue weighted by Crippen LogP contribution is -2.45. The minimum atomic E-state index is -0.328. The number of hydrogen-bond acceptors (Lipinski definition) is 8. The summed E-state index contributed by atoms with van der Waals surface area (Å²) >= 11 is 0. The highest BCUT2D eigenvalue weighted by molar-refractivity contribution is 6.03. The first-order chi connectivity index (χ1) is 15.5. The summed E-state index contributed by atoms with van der Waals surface area (Å²) in [6.07, 6.45) is 8.78. The van der Waals surface area contributed by atoms with Gasteiger partial charge in [0.2, 0.25) is 5.95 Å². The van der Waals surface area contributed by atoms with Gasteiger partial charge in [-0.3, -0.25) is 14.5 Å². The molecule has 1 aliphatic heterocycles. The Morgan fingerprint density at radius 3 is 2.59 bits per heavy atom. The number of anilines is 2. The van der Waals surface area contributed by atoms with E-state index in [1.165, 1.54) is 0 Å². The van der Waals surface area contributed by atoms with E-state index in [4.69, 9.17) is 0 Å². The fraction of sp³-hybridized carbons (Fsp3) is 0.273. The monoisotopic (exact) mass is 429 g/mol. The molecular weight excluding hydrogens is 406 g/mol. The Morgan fingerprint density at radius 1 is 0.969 bits per heavy atom. The maximum atomic E-state index is 12.8. The zero-order valence-electron chi connectivity index (χ0n) is 17.9. The van der Waals surface area contributed by atoms with Crippen molar-refractivity contribution in [1.82, 2.24) is 34.6 Å². The van der Waals surface area contributed by atoms with Crippen molar-refractivity contribution in [2.75, 3.05) is 43.4 Å². The highest BCUT2D eigenvalue weighted by Gasteiger charge is 2.18.